The molecule has 2 atom stereocenters. The van der Waals surface area contributed by atoms with Crippen LogP contribution in [-0.2, 0) is 16.0 Å². The van der Waals surface area contributed by atoms with Gasteiger partial charge in [-0.1, -0.05) is 0 Å². The monoisotopic (exact) mass is 400 g/mol. The fourth-order valence-electron chi connectivity index (χ4n) is 1.09. The number of aldehydes is 1. The van der Waals surface area contributed by atoms with Crippen LogP contribution in [0.1, 0.15) is 28.5 Å². The number of aliphatic carboxylic acids is 1. The van der Waals surface area contributed by atoms with Crippen LogP contribution in [0.15, 0.2) is 6.20 Å². The molecule has 1 aromatic heterocycles. The molecule has 0 aliphatic rings. The molecule has 0 fully saturated rings. The van der Waals surface area contributed by atoms with Gasteiger partial charge in [0.25, 0.3) is 0 Å². The molecule has 0 unspecified atom stereocenters. The van der Waals surface area contributed by atoms with Crippen molar-refractivity contribution in [3.63, 3.8) is 0 Å². The molecule has 1 rings (SSSR count). The Morgan fingerprint density at radius 3 is 2.08 bits per heavy atom. The Labute approximate surface area is 147 Å². The minimum absolute atomic E-state index is 0.116. The van der Waals surface area contributed by atoms with E-state index in [0.717, 1.165) is 6.92 Å². The fraction of sp³-hybridized carbons (Fsp3) is 0.417. The lowest BCUT2D eigenvalue weighted by molar-refractivity contribution is -0.169. The second-order valence-corrected chi connectivity index (χ2v) is 5.75. The van der Waals surface area contributed by atoms with E-state index in [9.17, 15) is 14.7 Å². The zero-order chi connectivity index (χ0) is 21.3. The van der Waals surface area contributed by atoms with Gasteiger partial charge in [-0.3, -0.25) is 15.5 Å². The maximum Gasteiger partial charge on any atom is 0.466 e. The van der Waals surface area contributed by atoms with E-state index in [1.807, 2.05) is 0 Å². The number of hydrogen-bond donors (Lipinski definition) is 9. The van der Waals surface area contributed by atoms with Crippen molar-refractivity contribution >= 4 is 20.1 Å². The number of aromatic nitrogens is 1. The van der Waals surface area contributed by atoms with Crippen LogP contribution in [-0.4, -0.2) is 69.3 Å². The number of rotatable bonds is 4. The first kappa shape index (κ1) is 26.3. The molecule has 1 heterocycles. The Morgan fingerprint density at radius 1 is 1.42 bits per heavy atom. The molecule has 26 heavy (non-hydrogen) atoms. The number of nitrogens with zero attached hydrogens (tertiary/aromatic N) is 1. The Hall–Kier alpha value is -1.96. The summed E-state index contributed by atoms with van der Waals surface area (Å²) in [5, 5.41) is 43.2. The van der Waals surface area contributed by atoms with Crippen LogP contribution in [0.4, 0.5) is 0 Å². The second kappa shape index (κ2) is 10.9. The van der Waals surface area contributed by atoms with E-state index in [4.69, 9.17) is 45.4 Å². The van der Waals surface area contributed by atoms with Gasteiger partial charge in [0.15, 0.2) is 6.29 Å². The van der Waals surface area contributed by atoms with E-state index in [1.54, 1.807) is 6.92 Å². The first-order valence-corrected chi connectivity index (χ1v) is 8.10. The number of nitrogens with two attached hydrogens (primary N) is 1. The van der Waals surface area contributed by atoms with Gasteiger partial charge in [0, 0.05) is 11.8 Å². The average Bonchev–Trinajstić information content (AvgIpc) is 2.48. The highest BCUT2D eigenvalue weighted by atomic mass is 31.2. The molecular weight excluding hydrogens is 379 g/mol. The summed E-state index contributed by atoms with van der Waals surface area (Å²) in [4.78, 5) is 45.7. The predicted octanol–water partition coefficient (Wildman–Crippen LogP) is -2.43. The number of aromatic hydroxyl groups is 1. The fourth-order valence-corrected chi connectivity index (χ4v) is 1.09. The van der Waals surface area contributed by atoms with Gasteiger partial charge in [-0.05, 0) is 13.8 Å². The number of carbonyl (C=O) groups is 2. The lowest BCUT2D eigenvalue weighted by atomic mass is 10.1. The van der Waals surface area contributed by atoms with Crippen LogP contribution < -0.4 is 5.73 Å². The van der Waals surface area contributed by atoms with Gasteiger partial charge < -0.3 is 40.2 Å². The standard InChI is InChI=1S/C8H9NO3.C4H9NO4.H3O4P/c1-5-8(12)7(4-11)6(3-10)2-9-5;1-2(6)4(5,9)3(7)8;1-5(2,3)4/h2,4,10,12H,3H2,1H3;2,6,9H,5H2,1H3,(H,7,8);(H3,1,2,3,4)/t;2-,4-;/m.1./s1. The summed E-state index contributed by atoms with van der Waals surface area (Å²) in [5.41, 5.74) is 3.02. The van der Waals surface area contributed by atoms with E-state index >= 15 is 0 Å². The van der Waals surface area contributed by atoms with Gasteiger partial charge >= 0.3 is 13.8 Å². The number of carbonyl (C=O) groups excluding carboxylic acids is 1. The SMILES string of the molecule is C[C@@H](O)[C@@](N)(O)C(=O)O.Cc1ncc(CO)c(C=O)c1O.O=P(O)(O)O. The van der Waals surface area contributed by atoms with Crippen molar-refractivity contribution in [1.29, 1.82) is 0 Å². The maximum absolute atomic E-state index is 10.5. The van der Waals surface area contributed by atoms with Crippen LogP contribution in [0.3, 0.4) is 0 Å². The van der Waals surface area contributed by atoms with Crippen LogP contribution in [0, 0.1) is 6.92 Å². The lowest BCUT2D eigenvalue weighted by Gasteiger charge is -2.19. The van der Waals surface area contributed by atoms with E-state index in [1.165, 1.54) is 6.20 Å². The Balaban J connectivity index is 0. The molecule has 1 aromatic rings. The smallest absolute Gasteiger partial charge is 0.466 e. The van der Waals surface area contributed by atoms with Crippen LogP contribution >= 0.6 is 7.82 Å². The van der Waals surface area contributed by atoms with Crippen molar-refractivity contribution in [3.05, 3.63) is 23.0 Å². The molecule has 0 saturated carbocycles. The molecule has 0 bridgehead atoms. The molecule has 0 saturated heterocycles. The highest BCUT2D eigenvalue weighted by Gasteiger charge is 2.36. The molecular formula is C12H21N2O11P. The van der Waals surface area contributed by atoms with Crippen LogP contribution in [0.25, 0.3) is 0 Å². The van der Waals surface area contributed by atoms with E-state index in [0.29, 0.717) is 17.5 Å². The normalized spacial score (nSPS) is 13.9. The first-order valence-electron chi connectivity index (χ1n) is 6.54. The average molecular weight is 400 g/mol. The maximum atomic E-state index is 10.5. The van der Waals surface area contributed by atoms with E-state index < -0.39 is 25.6 Å². The zero-order valence-electron chi connectivity index (χ0n) is 13.7. The summed E-state index contributed by atoms with van der Waals surface area (Å²) < 4.78 is 8.88. The van der Waals surface area contributed by atoms with Crippen LogP contribution in [0.2, 0.25) is 0 Å². The summed E-state index contributed by atoms with van der Waals surface area (Å²) in [6.45, 7) is 2.38. The van der Waals surface area contributed by atoms with Gasteiger partial charge in [0.2, 0.25) is 5.72 Å². The van der Waals surface area contributed by atoms with Gasteiger partial charge in [-0.15, -0.1) is 0 Å². The summed E-state index contributed by atoms with van der Waals surface area (Å²) in [5.74, 6) is -1.80. The van der Waals surface area contributed by atoms with Crippen LogP contribution in [0.5, 0.6) is 5.75 Å². The molecule has 0 aliphatic heterocycles. The van der Waals surface area contributed by atoms with Crippen molar-refractivity contribution in [2.24, 2.45) is 5.73 Å². The van der Waals surface area contributed by atoms with Crippen molar-refractivity contribution < 1.29 is 54.4 Å². The summed E-state index contributed by atoms with van der Waals surface area (Å²) in [6, 6.07) is 0. The number of pyridine rings is 1. The molecule has 0 amide bonds. The number of aryl methyl sites for hydroxylation is 1. The Bertz CT molecular complexity index is 649. The number of aliphatic hydroxyl groups is 3. The minimum atomic E-state index is -4.64. The largest absolute Gasteiger partial charge is 0.505 e. The molecule has 13 nitrogen and oxygen atoms in total. The van der Waals surface area contributed by atoms with Crippen molar-refractivity contribution in [2.45, 2.75) is 32.3 Å². The first-order chi connectivity index (χ1) is 11.6. The predicted molar refractivity (Wildman–Crippen MR) is 84.7 cm³/mol. The van der Waals surface area contributed by atoms with E-state index in [2.05, 4.69) is 4.98 Å². The quantitative estimate of drug-likeness (QED) is 0.145. The molecule has 0 radical (unpaired) electrons. The van der Waals surface area contributed by atoms with Crippen molar-refractivity contribution in [1.82, 2.24) is 4.98 Å². The van der Waals surface area contributed by atoms with Gasteiger partial charge in [-0.25, -0.2) is 9.36 Å². The van der Waals surface area contributed by atoms with Crippen molar-refractivity contribution in [3.8, 4) is 5.75 Å². The third-order valence-electron chi connectivity index (χ3n) is 2.63. The summed E-state index contributed by atoms with van der Waals surface area (Å²) >= 11 is 0. The Kier molecular flexibility index (Phi) is 11.0. The number of carboxylic acids is 1. The summed E-state index contributed by atoms with van der Waals surface area (Å²) in [7, 11) is -4.64. The highest BCUT2D eigenvalue weighted by molar-refractivity contribution is 7.45. The lowest BCUT2D eigenvalue weighted by Crippen LogP contribution is -2.56. The molecule has 0 aromatic carbocycles. The molecule has 0 spiro atoms. The van der Waals surface area contributed by atoms with Gasteiger partial charge in [0.1, 0.15) is 11.9 Å². The highest BCUT2D eigenvalue weighted by Crippen LogP contribution is 2.25. The molecule has 10 N–H and O–H groups in total. The topological polar surface area (TPSA) is 252 Å². The van der Waals surface area contributed by atoms with Gasteiger partial charge in [-0.2, -0.15) is 0 Å². The third kappa shape index (κ3) is 10.1. The van der Waals surface area contributed by atoms with E-state index in [-0.39, 0.29) is 17.9 Å². The zero-order valence-corrected chi connectivity index (χ0v) is 14.6. The minimum Gasteiger partial charge on any atom is -0.505 e. The molecule has 150 valence electrons. The molecule has 14 heteroatoms. The number of carboxylic acid groups (broad SMARTS) is 1. The number of aliphatic hydroxyl groups excluding tert-OH is 2. The summed E-state index contributed by atoms with van der Waals surface area (Å²) in [6.07, 6.45) is 0.406. The number of hydrogen-bond acceptors (Lipinski definition) is 9. The van der Waals surface area contributed by atoms with Gasteiger partial charge in [0.05, 0.1) is 17.9 Å². The van der Waals surface area contributed by atoms with Crippen molar-refractivity contribution in [2.75, 3.05) is 0 Å². The third-order valence-corrected chi connectivity index (χ3v) is 2.63. The Morgan fingerprint density at radius 2 is 1.85 bits per heavy atom. The number of phosphoric acid groups is 1. The second-order valence-electron chi connectivity index (χ2n) is 4.73. The molecule has 0 aliphatic carbocycles.